The van der Waals surface area contributed by atoms with Crippen molar-refractivity contribution in [1.29, 1.82) is 0 Å². The van der Waals surface area contributed by atoms with E-state index in [4.69, 9.17) is 5.73 Å². The first-order chi connectivity index (χ1) is 5.65. The minimum absolute atomic E-state index is 0.118. The third-order valence-corrected chi connectivity index (χ3v) is 1.10. The van der Waals surface area contributed by atoms with Crippen molar-refractivity contribution in [3.05, 3.63) is 16.4 Å². The maximum atomic E-state index is 10.9. The molecule has 6 heteroatoms. The Morgan fingerprint density at radius 2 is 2.50 bits per heavy atom. The maximum Gasteiger partial charge on any atom is 0.451 e. The minimum atomic E-state index is -0.862. The number of hydrogen-bond acceptors (Lipinski definition) is 5. The monoisotopic (exact) mass is 172 g/mol. The van der Waals surface area contributed by atoms with E-state index in [0.29, 0.717) is 4.74 Å². The smallest absolute Gasteiger partial charge is 0.447 e. The lowest BCUT2D eigenvalue weighted by Crippen LogP contribution is -2.23. The minimum Gasteiger partial charge on any atom is -0.447 e. The zero-order chi connectivity index (χ0) is 9.14. The summed E-state index contributed by atoms with van der Waals surface area (Å²) >= 11 is 0. The van der Waals surface area contributed by atoms with Gasteiger partial charge >= 0.3 is 6.09 Å². The van der Waals surface area contributed by atoms with Crippen LogP contribution in [0.3, 0.4) is 0 Å². The number of hydrogen-bond donors (Lipinski definition) is 1. The van der Waals surface area contributed by atoms with Gasteiger partial charge in [-0.05, 0) is 6.92 Å². The van der Waals surface area contributed by atoms with Crippen LogP contribution in [0.15, 0.2) is 15.4 Å². The fraction of sp³-hybridized carbons (Fsp3) is 0.333. The third kappa shape index (κ3) is 1.47. The molecule has 0 aromatic carbocycles. The average Bonchev–Trinajstić information content (AvgIpc) is 2.30. The van der Waals surface area contributed by atoms with E-state index in [-0.39, 0.29) is 12.5 Å². The second-order valence-electron chi connectivity index (χ2n) is 1.97. The summed E-state index contributed by atoms with van der Waals surface area (Å²) in [4.78, 5) is 21.7. The van der Waals surface area contributed by atoms with E-state index in [1.165, 1.54) is 0 Å². The van der Waals surface area contributed by atoms with Gasteiger partial charge in [0.1, 0.15) is 0 Å². The molecule has 0 radical (unpaired) electrons. The lowest BCUT2D eigenvalue weighted by molar-refractivity contribution is 0.125. The van der Waals surface area contributed by atoms with Gasteiger partial charge in [0.05, 0.1) is 12.7 Å². The molecule has 0 aliphatic carbocycles. The molecule has 1 rings (SSSR count). The molecule has 1 heterocycles. The molecular weight excluding hydrogens is 164 g/mol. The van der Waals surface area contributed by atoms with Crippen molar-refractivity contribution in [3.8, 4) is 0 Å². The van der Waals surface area contributed by atoms with Crippen LogP contribution in [0.4, 0.5) is 10.7 Å². The summed E-state index contributed by atoms with van der Waals surface area (Å²) in [5.74, 6) is -0.118. The lowest BCUT2D eigenvalue weighted by Gasteiger charge is -1.97. The first-order valence-electron chi connectivity index (χ1n) is 3.31. The van der Waals surface area contributed by atoms with Gasteiger partial charge in [-0.3, -0.25) is 4.79 Å². The van der Waals surface area contributed by atoms with Crippen LogP contribution in [0.5, 0.6) is 0 Å². The van der Waals surface area contributed by atoms with Crippen molar-refractivity contribution in [2.45, 2.75) is 6.92 Å². The van der Waals surface area contributed by atoms with Crippen LogP contribution in [0.2, 0.25) is 0 Å². The first kappa shape index (κ1) is 8.38. The highest BCUT2D eigenvalue weighted by Crippen LogP contribution is 1.96. The Balaban J connectivity index is 2.95. The zero-order valence-electron chi connectivity index (χ0n) is 6.44. The van der Waals surface area contributed by atoms with Crippen LogP contribution >= 0.6 is 0 Å². The summed E-state index contributed by atoms with van der Waals surface area (Å²) in [6.45, 7) is 1.79. The predicted octanol–water partition coefficient (Wildman–Crippen LogP) is 0.0281. The number of carbonyl (C=O) groups excluding carboxylic acids is 1. The second-order valence-corrected chi connectivity index (χ2v) is 1.97. The molecule has 0 amide bonds. The Hall–Kier alpha value is -1.72. The normalized spacial score (nSPS) is 9.75. The quantitative estimate of drug-likeness (QED) is 0.645. The Labute approximate surface area is 67.5 Å². The molecular formula is C6H8N2O4. The van der Waals surface area contributed by atoms with Crippen molar-refractivity contribution >= 4 is 12.0 Å². The molecule has 0 atom stereocenters. The van der Waals surface area contributed by atoms with E-state index in [2.05, 4.69) is 9.26 Å². The lowest BCUT2D eigenvalue weighted by atomic mass is 10.7. The number of rotatable bonds is 1. The van der Waals surface area contributed by atoms with E-state index in [0.717, 1.165) is 6.07 Å². The van der Waals surface area contributed by atoms with Crippen molar-refractivity contribution in [2.75, 3.05) is 12.3 Å². The molecule has 0 aliphatic rings. The van der Waals surface area contributed by atoms with Gasteiger partial charge in [0, 0.05) is 0 Å². The molecule has 1 aromatic rings. The second kappa shape index (κ2) is 3.12. The molecule has 66 valence electrons. The highest BCUT2D eigenvalue weighted by atomic mass is 16.6. The topological polar surface area (TPSA) is 87.5 Å². The molecule has 0 fully saturated rings. The van der Waals surface area contributed by atoms with Crippen LogP contribution in [0.25, 0.3) is 0 Å². The number of carbonyl (C=O) groups is 1. The van der Waals surface area contributed by atoms with Gasteiger partial charge in [0.15, 0.2) is 0 Å². The number of ether oxygens (including phenoxy) is 1. The van der Waals surface area contributed by atoms with Gasteiger partial charge in [0.25, 0.3) is 5.56 Å². The predicted molar refractivity (Wildman–Crippen MR) is 39.8 cm³/mol. The van der Waals surface area contributed by atoms with Crippen LogP contribution in [-0.4, -0.2) is 17.4 Å². The van der Waals surface area contributed by atoms with E-state index >= 15 is 0 Å². The first-order valence-corrected chi connectivity index (χ1v) is 3.31. The van der Waals surface area contributed by atoms with Crippen molar-refractivity contribution in [3.63, 3.8) is 0 Å². The Morgan fingerprint density at radius 3 is 2.92 bits per heavy atom. The van der Waals surface area contributed by atoms with Crippen LogP contribution in [-0.2, 0) is 4.74 Å². The van der Waals surface area contributed by atoms with E-state index in [1.54, 1.807) is 6.92 Å². The summed E-state index contributed by atoms with van der Waals surface area (Å²) in [7, 11) is 0. The average molecular weight is 172 g/mol. The summed E-state index contributed by atoms with van der Waals surface area (Å²) in [6.07, 6.45) is -0.862. The van der Waals surface area contributed by atoms with E-state index in [9.17, 15) is 9.59 Å². The molecule has 0 spiro atoms. The standard InChI is InChI=1S/C6H8N2O4/c1-2-11-6(10)8-5(9)3-4(7)12-8/h3H,2,7H2,1H3. The van der Waals surface area contributed by atoms with Gasteiger partial charge in [-0.2, -0.15) is 0 Å². The number of nitrogen functional groups attached to an aromatic ring is 1. The zero-order valence-corrected chi connectivity index (χ0v) is 6.44. The summed E-state index contributed by atoms with van der Waals surface area (Å²) in [6, 6.07) is 0.997. The summed E-state index contributed by atoms with van der Waals surface area (Å²) in [5, 5.41) is 0. The third-order valence-electron chi connectivity index (χ3n) is 1.10. The molecule has 0 saturated heterocycles. The molecule has 0 bridgehead atoms. The number of nitrogens with zero attached hydrogens (tertiary/aromatic N) is 1. The van der Waals surface area contributed by atoms with Crippen LogP contribution in [0, 0.1) is 0 Å². The molecule has 0 aliphatic heterocycles. The fourth-order valence-corrected chi connectivity index (χ4v) is 0.666. The van der Waals surface area contributed by atoms with Gasteiger partial charge in [-0.15, -0.1) is 0 Å². The number of anilines is 1. The Morgan fingerprint density at radius 1 is 1.83 bits per heavy atom. The van der Waals surface area contributed by atoms with E-state index < -0.39 is 11.7 Å². The fourth-order valence-electron chi connectivity index (χ4n) is 0.666. The molecule has 0 unspecified atom stereocenters. The number of aromatic nitrogens is 1. The largest absolute Gasteiger partial charge is 0.451 e. The highest BCUT2D eigenvalue weighted by Gasteiger charge is 2.11. The van der Waals surface area contributed by atoms with Crippen molar-refractivity contribution in [2.24, 2.45) is 0 Å². The SMILES string of the molecule is CCOC(=O)n1oc(N)cc1=O. The van der Waals surface area contributed by atoms with E-state index in [1.807, 2.05) is 0 Å². The van der Waals surface area contributed by atoms with Gasteiger partial charge in [0.2, 0.25) is 5.88 Å². The van der Waals surface area contributed by atoms with Crippen LogP contribution in [0.1, 0.15) is 6.92 Å². The van der Waals surface area contributed by atoms with Gasteiger partial charge in [-0.25, -0.2) is 4.79 Å². The van der Waals surface area contributed by atoms with Crippen molar-refractivity contribution < 1.29 is 14.1 Å². The maximum absolute atomic E-state index is 10.9. The summed E-state index contributed by atoms with van der Waals surface area (Å²) < 4.78 is 9.49. The van der Waals surface area contributed by atoms with Gasteiger partial charge in [-0.1, -0.05) is 4.74 Å². The number of nitrogens with two attached hydrogens (primary N) is 1. The molecule has 6 nitrogen and oxygen atoms in total. The Kier molecular flexibility index (Phi) is 2.18. The Bertz CT molecular complexity index is 338. The molecule has 0 saturated carbocycles. The van der Waals surface area contributed by atoms with Crippen LogP contribution < -0.4 is 11.3 Å². The highest BCUT2D eigenvalue weighted by molar-refractivity contribution is 5.68. The molecule has 1 aromatic heterocycles. The van der Waals surface area contributed by atoms with Gasteiger partial charge < -0.3 is 15.0 Å². The summed E-state index contributed by atoms with van der Waals surface area (Å²) in [5.41, 5.74) is 4.48. The molecule has 2 N–H and O–H groups in total. The van der Waals surface area contributed by atoms with Crippen molar-refractivity contribution in [1.82, 2.24) is 4.74 Å². The molecule has 12 heavy (non-hydrogen) atoms.